The molecule has 6 heteroatoms. The summed E-state index contributed by atoms with van der Waals surface area (Å²) in [6, 6.07) is 4.84. The Kier molecular flexibility index (Phi) is 4.55. The number of aromatic amines is 1. The Bertz CT molecular complexity index is 808. The smallest absolute Gasteiger partial charge is 0.236 e. The number of hydrogen-bond donors (Lipinski definition) is 1. The molecule has 1 saturated heterocycles. The van der Waals surface area contributed by atoms with Crippen molar-refractivity contribution in [3.8, 4) is 0 Å². The van der Waals surface area contributed by atoms with Gasteiger partial charge >= 0.3 is 0 Å². The highest BCUT2D eigenvalue weighted by molar-refractivity contribution is 5.92. The Hall–Kier alpha value is -2.18. The molecule has 1 aromatic carbocycles. The van der Waals surface area contributed by atoms with Crippen molar-refractivity contribution in [1.29, 1.82) is 0 Å². The lowest BCUT2D eigenvalue weighted by Gasteiger charge is -2.31. The summed E-state index contributed by atoms with van der Waals surface area (Å²) in [5.74, 6) is -0.0472. The molecule has 1 amide bonds. The molecule has 0 atom stereocenters. The van der Waals surface area contributed by atoms with Crippen LogP contribution >= 0.6 is 0 Å². The number of amides is 1. The second kappa shape index (κ2) is 6.98. The number of rotatable bonds is 3. The van der Waals surface area contributed by atoms with E-state index in [-0.39, 0.29) is 11.7 Å². The van der Waals surface area contributed by atoms with Crippen LogP contribution in [0.5, 0.6) is 0 Å². The van der Waals surface area contributed by atoms with Crippen LogP contribution in [-0.2, 0) is 9.53 Å². The van der Waals surface area contributed by atoms with Crippen LogP contribution in [0.1, 0.15) is 12.0 Å². The lowest BCUT2D eigenvalue weighted by atomic mass is 9.99. The summed E-state index contributed by atoms with van der Waals surface area (Å²) >= 11 is 0. The van der Waals surface area contributed by atoms with Gasteiger partial charge in [-0.05, 0) is 30.2 Å². The Morgan fingerprint density at radius 1 is 1.24 bits per heavy atom. The van der Waals surface area contributed by atoms with Crippen molar-refractivity contribution in [3.05, 3.63) is 41.9 Å². The molecule has 1 N–H and O–H groups in total. The van der Waals surface area contributed by atoms with Crippen LogP contribution in [0.25, 0.3) is 16.5 Å². The van der Waals surface area contributed by atoms with E-state index in [0.29, 0.717) is 32.8 Å². The molecule has 0 bridgehead atoms. The second-order valence-electron chi connectivity index (χ2n) is 6.60. The minimum absolute atomic E-state index is 0.183. The molecule has 25 heavy (non-hydrogen) atoms. The zero-order valence-electron chi connectivity index (χ0n) is 14.1. The van der Waals surface area contributed by atoms with E-state index in [1.54, 1.807) is 0 Å². The highest BCUT2D eigenvalue weighted by Crippen LogP contribution is 2.29. The van der Waals surface area contributed by atoms with Crippen LogP contribution in [0.3, 0.4) is 0 Å². The van der Waals surface area contributed by atoms with Gasteiger partial charge in [-0.25, -0.2) is 4.39 Å². The maximum absolute atomic E-state index is 13.3. The van der Waals surface area contributed by atoms with Gasteiger partial charge in [0.2, 0.25) is 5.91 Å². The number of H-pyrrole nitrogens is 1. The number of carbonyl (C=O) groups is 1. The number of halogens is 1. The first-order valence-electron chi connectivity index (χ1n) is 8.74. The predicted octanol–water partition coefficient (Wildman–Crippen LogP) is 2.25. The SMILES string of the molecule is O=C(CN1CC=C(c2c[nH]c3cc(F)ccc23)CC1)N1CCOCC1. The van der Waals surface area contributed by atoms with Gasteiger partial charge in [0, 0.05) is 48.8 Å². The number of aromatic nitrogens is 1. The van der Waals surface area contributed by atoms with Crippen molar-refractivity contribution >= 4 is 22.4 Å². The van der Waals surface area contributed by atoms with E-state index in [1.165, 1.54) is 17.7 Å². The third-order valence-corrected chi connectivity index (χ3v) is 5.01. The molecule has 0 saturated carbocycles. The average Bonchev–Trinajstić information content (AvgIpc) is 3.06. The molecule has 4 rings (SSSR count). The fourth-order valence-electron chi connectivity index (χ4n) is 3.57. The van der Waals surface area contributed by atoms with E-state index in [1.807, 2.05) is 17.2 Å². The fourth-order valence-corrected chi connectivity index (χ4v) is 3.57. The van der Waals surface area contributed by atoms with Gasteiger partial charge in [0.1, 0.15) is 5.82 Å². The van der Waals surface area contributed by atoms with Gasteiger partial charge in [-0.15, -0.1) is 0 Å². The van der Waals surface area contributed by atoms with Crippen molar-refractivity contribution < 1.29 is 13.9 Å². The van der Waals surface area contributed by atoms with Gasteiger partial charge in [0.15, 0.2) is 0 Å². The molecule has 3 heterocycles. The molecule has 1 fully saturated rings. The summed E-state index contributed by atoms with van der Waals surface area (Å²) < 4.78 is 18.6. The van der Waals surface area contributed by atoms with E-state index in [0.717, 1.165) is 36.0 Å². The maximum atomic E-state index is 13.3. The summed E-state index contributed by atoms with van der Waals surface area (Å²) in [5.41, 5.74) is 3.21. The first-order chi connectivity index (χ1) is 12.2. The van der Waals surface area contributed by atoms with Crippen LogP contribution < -0.4 is 0 Å². The Labute approximate surface area is 146 Å². The number of carbonyl (C=O) groups excluding carboxylic acids is 1. The zero-order chi connectivity index (χ0) is 17.2. The molecular formula is C19H22FN3O2. The van der Waals surface area contributed by atoms with Crippen LogP contribution in [0.15, 0.2) is 30.5 Å². The molecular weight excluding hydrogens is 321 g/mol. The molecule has 5 nitrogen and oxygen atoms in total. The molecule has 2 aromatic rings. The monoisotopic (exact) mass is 343 g/mol. The van der Waals surface area contributed by atoms with E-state index in [2.05, 4.69) is 16.0 Å². The molecule has 0 aliphatic carbocycles. The van der Waals surface area contributed by atoms with Crippen LogP contribution in [0, 0.1) is 5.82 Å². The van der Waals surface area contributed by atoms with Crippen LogP contribution in [-0.4, -0.2) is 66.6 Å². The lowest BCUT2D eigenvalue weighted by Crippen LogP contribution is -2.46. The summed E-state index contributed by atoms with van der Waals surface area (Å²) in [4.78, 5) is 19.6. The van der Waals surface area contributed by atoms with E-state index in [4.69, 9.17) is 4.74 Å². The van der Waals surface area contributed by atoms with Gasteiger partial charge in [0.05, 0.1) is 19.8 Å². The van der Waals surface area contributed by atoms with Gasteiger partial charge in [-0.2, -0.15) is 0 Å². The number of fused-ring (bicyclic) bond motifs is 1. The number of ether oxygens (including phenoxy) is 1. The average molecular weight is 343 g/mol. The molecule has 1 aromatic heterocycles. The molecule has 0 radical (unpaired) electrons. The number of nitrogens with one attached hydrogen (secondary N) is 1. The number of benzene rings is 1. The number of nitrogens with zero attached hydrogens (tertiary/aromatic N) is 2. The van der Waals surface area contributed by atoms with E-state index >= 15 is 0 Å². The summed E-state index contributed by atoms with van der Waals surface area (Å²) in [5, 5.41) is 1.05. The standard InChI is InChI=1S/C19H22FN3O2/c20-15-1-2-16-17(12-21-18(16)11-15)14-3-5-22(6-4-14)13-19(24)23-7-9-25-10-8-23/h1-3,11-12,21H,4-10,13H2. The van der Waals surface area contributed by atoms with Crippen molar-refractivity contribution in [3.63, 3.8) is 0 Å². The largest absolute Gasteiger partial charge is 0.378 e. The number of hydrogen-bond acceptors (Lipinski definition) is 3. The third-order valence-electron chi connectivity index (χ3n) is 5.01. The van der Waals surface area contributed by atoms with Crippen LogP contribution in [0.2, 0.25) is 0 Å². The van der Waals surface area contributed by atoms with Crippen molar-refractivity contribution in [2.75, 3.05) is 45.9 Å². The zero-order valence-corrected chi connectivity index (χ0v) is 14.1. The first kappa shape index (κ1) is 16.3. The molecule has 2 aliphatic heterocycles. The molecule has 0 unspecified atom stereocenters. The minimum Gasteiger partial charge on any atom is -0.378 e. The third kappa shape index (κ3) is 3.45. The van der Waals surface area contributed by atoms with E-state index < -0.39 is 0 Å². The van der Waals surface area contributed by atoms with Crippen LogP contribution in [0.4, 0.5) is 4.39 Å². The first-order valence-corrected chi connectivity index (χ1v) is 8.74. The van der Waals surface area contributed by atoms with Gasteiger partial charge in [-0.1, -0.05) is 6.08 Å². The van der Waals surface area contributed by atoms with Gasteiger partial charge < -0.3 is 14.6 Å². The summed E-state index contributed by atoms with van der Waals surface area (Å²) in [7, 11) is 0. The molecule has 132 valence electrons. The fraction of sp³-hybridized carbons (Fsp3) is 0.421. The number of morpholine rings is 1. The van der Waals surface area contributed by atoms with Gasteiger partial charge in [0.25, 0.3) is 0 Å². The topological polar surface area (TPSA) is 48.6 Å². The van der Waals surface area contributed by atoms with E-state index in [9.17, 15) is 9.18 Å². The Balaban J connectivity index is 1.42. The second-order valence-corrected chi connectivity index (χ2v) is 6.60. The van der Waals surface area contributed by atoms with Crippen molar-refractivity contribution in [2.45, 2.75) is 6.42 Å². The lowest BCUT2D eigenvalue weighted by molar-refractivity contribution is -0.136. The van der Waals surface area contributed by atoms with Gasteiger partial charge in [-0.3, -0.25) is 9.69 Å². The predicted molar refractivity (Wildman–Crippen MR) is 94.7 cm³/mol. The summed E-state index contributed by atoms with van der Waals surface area (Å²) in [6.45, 7) is 4.74. The highest BCUT2D eigenvalue weighted by Gasteiger charge is 2.21. The molecule has 0 spiro atoms. The maximum Gasteiger partial charge on any atom is 0.236 e. The van der Waals surface area contributed by atoms with Crippen molar-refractivity contribution in [1.82, 2.24) is 14.8 Å². The Morgan fingerprint density at radius 2 is 2.08 bits per heavy atom. The normalized spacial score (nSPS) is 19.2. The Morgan fingerprint density at radius 3 is 2.84 bits per heavy atom. The highest BCUT2D eigenvalue weighted by atomic mass is 19.1. The molecule has 2 aliphatic rings. The quantitative estimate of drug-likeness (QED) is 0.930. The van der Waals surface area contributed by atoms with Crippen molar-refractivity contribution in [2.24, 2.45) is 0 Å². The summed E-state index contributed by atoms with van der Waals surface area (Å²) in [6.07, 6.45) is 5.02. The minimum atomic E-state index is -0.230.